The normalized spacial score (nSPS) is 11.5. The maximum atomic E-state index is 12.3. The number of nitrogens with one attached hydrogen (secondary N) is 3. The predicted molar refractivity (Wildman–Crippen MR) is 141 cm³/mol. The second-order valence-corrected chi connectivity index (χ2v) is 9.82. The molecule has 37 heavy (non-hydrogen) atoms. The van der Waals surface area contributed by atoms with Crippen LogP contribution in [0.5, 0.6) is 0 Å². The van der Waals surface area contributed by atoms with Crippen molar-refractivity contribution in [2.75, 3.05) is 66.1 Å². The Labute approximate surface area is 223 Å². The van der Waals surface area contributed by atoms with E-state index in [1.807, 2.05) is 27.7 Å². The number of rotatable bonds is 24. The van der Waals surface area contributed by atoms with Crippen molar-refractivity contribution in [2.45, 2.75) is 78.9 Å². The number of amides is 3. The summed E-state index contributed by atoms with van der Waals surface area (Å²) in [5, 5.41) is 8.41. The molecule has 0 aromatic carbocycles. The molecule has 11 heteroatoms. The first kappa shape index (κ1) is 35.2. The molecule has 0 aliphatic carbocycles. The van der Waals surface area contributed by atoms with Gasteiger partial charge in [0.25, 0.3) is 0 Å². The molecule has 0 fully saturated rings. The molecule has 0 aromatic rings. The Hall–Kier alpha value is -1.79. The van der Waals surface area contributed by atoms with Crippen LogP contribution in [0.3, 0.4) is 0 Å². The van der Waals surface area contributed by atoms with Gasteiger partial charge in [-0.2, -0.15) is 0 Å². The van der Waals surface area contributed by atoms with Gasteiger partial charge in [-0.15, -0.1) is 0 Å². The molecule has 0 unspecified atom stereocenters. The van der Waals surface area contributed by atoms with Crippen molar-refractivity contribution in [1.82, 2.24) is 16.0 Å². The summed E-state index contributed by atoms with van der Waals surface area (Å²) >= 11 is 0. The average Bonchev–Trinajstić information content (AvgIpc) is 2.79. The van der Waals surface area contributed by atoms with E-state index in [9.17, 15) is 14.4 Å². The van der Waals surface area contributed by atoms with Crippen LogP contribution >= 0.6 is 0 Å². The van der Waals surface area contributed by atoms with Gasteiger partial charge in [0.15, 0.2) is 0 Å². The highest BCUT2D eigenvalue weighted by Crippen LogP contribution is 1.98. The molecule has 0 bridgehead atoms. The second kappa shape index (κ2) is 23.3. The number of carbonyl (C=O) groups excluding carboxylic acids is 3. The van der Waals surface area contributed by atoms with Crippen molar-refractivity contribution in [3.63, 3.8) is 0 Å². The number of hydrogen-bond donors (Lipinski definition) is 3. The van der Waals surface area contributed by atoms with Gasteiger partial charge >= 0.3 is 0 Å². The lowest BCUT2D eigenvalue weighted by Gasteiger charge is -2.19. The zero-order valence-corrected chi connectivity index (χ0v) is 23.8. The Kier molecular flexibility index (Phi) is 22.2. The highest BCUT2D eigenvalue weighted by Gasteiger charge is 2.15. The first-order valence-corrected chi connectivity index (χ1v) is 13.4. The van der Waals surface area contributed by atoms with Gasteiger partial charge in [-0.1, -0.05) is 13.8 Å². The van der Waals surface area contributed by atoms with E-state index >= 15 is 0 Å². The summed E-state index contributed by atoms with van der Waals surface area (Å²) in [6.45, 7) is 14.9. The smallest absolute Gasteiger partial charge is 0.246 e. The van der Waals surface area contributed by atoms with Crippen LogP contribution in [-0.4, -0.2) is 102 Å². The summed E-state index contributed by atoms with van der Waals surface area (Å²) < 4.78 is 27.5. The SMILES string of the molecule is CC(C)CCOCCOCCOCC(=O)NC(COCCC(=O)NC(C)C)COCCC(=O)NC(C)C. The van der Waals surface area contributed by atoms with Gasteiger partial charge in [0.1, 0.15) is 6.61 Å². The third kappa shape index (κ3) is 25.6. The van der Waals surface area contributed by atoms with E-state index in [1.54, 1.807) is 0 Å². The lowest BCUT2D eigenvalue weighted by Crippen LogP contribution is -2.43. The predicted octanol–water partition coefficient (Wildman–Crippen LogP) is 1.43. The van der Waals surface area contributed by atoms with Crippen molar-refractivity contribution in [3.8, 4) is 0 Å². The minimum Gasteiger partial charge on any atom is -0.379 e. The van der Waals surface area contributed by atoms with Gasteiger partial charge in [-0.25, -0.2) is 0 Å². The van der Waals surface area contributed by atoms with Gasteiger partial charge in [0, 0.05) is 31.5 Å². The lowest BCUT2D eigenvalue weighted by molar-refractivity contribution is -0.129. The molecule has 0 heterocycles. The Morgan fingerprint density at radius 3 is 1.46 bits per heavy atom. The zero-order chi connectivity index (χ0) is 27.9. The van der Waals surface area contributed by atoms with Crippen LogP contribution in [0.25, 0.3) is 0 Å². The first-order chi connectivity index (χ1) is 17.6. The monoisotopic (exact) mass is 533 g/mol. The molecule has 0 rings (SSSR count). The molecule has 0 aliphatic rings. The summed E-state index contributed by atoms with van der Waals surface area (Å²) in [6, 6.07) is -0.319. The fourth-order valence-electron chi connectivity index (χ4n) is 2.89. The first-order valence-electron chi connectivity index (χ1n) is 13.4. The zero-order valence-electron chi connectivity index (χ0n) is 23.8. The van der Waals surface area contributed by atoms with Crippen molar-refractivity contribution in [2.24, 2.45) is 5.92 Å². The molecule has 3 N–H and O–H groups in total. The second-order valence-electron chi connectivity index (χ2n) is 9.82. The summed E-state index contributed by atoms with van der Waals surface area (Å²) in [7, 11) is 0. The van der Waals surface area contributed by atoms with Crippen molar-refractivity contribution < 1.29 is 38.1 Å². The molecular weight excluding hydrogens is 482 g/mol. The van der Waals surface area contributed by atoms with Crippen LogP contribution in [0.15, 0.2) is 0 Å². The fraction of sp³-hybridized carbons (Fsp3) is 0.885. The molecule has 218 valence electrons. The van der Waals surface area contributed by atoms with E-state index in [0.29, 0.717) is 25.7 Å². The van der Waals surface area contributed by atoms with E-state index in [0.717, 1.165) is 13.0 Å². The average molecular weight is 534 g/mol. The van der Waals surface area contributed by atoms with E-state index in [-0.39, 0.29) is 82.3 Å². The molecule has 0 saturated heterocycles. The lowest BCUT2D eigenvalue weighted by atomic mass is 10.1. The van der Waals surface area contributed by atoms with Crippen LogP contribution in [-0.2, 0) is 38.1 Å². The molecule has 0 radical (unpaired) electrons. The minimum atomic E-state index is -0.448. The standard InChI is InChI=1S/C26H51N3O8/c1-20(2)7-10-33-13-14-34-15-16-37-19-26(32)29-23(17-35-11-8-24(30)27-21(3)4)18-36-12-9-25(31)28-22(5)6/h20-23H,7-19H2,1-6H3,(H,27,30)(H,28,31)(H,29,32). The quantitative estimate of drug-likeness (QED) is 0.159. The van der Waals surface area contributed by atoms with E-state index in [4.69, 9.17) is 23.7 Å². The molecular formula is C26H51N3O8. The van der Waals surface area contributed by atoms with Crippen molar-refractivity contribution in [3.05, 3.63) is 0 Å². The summed E-state index contributed by atoms with van der Waals surface area (Å²) in [5.41, 5.74) is 0. The maximum Gasteiger partial charge on any atom is 0.246 e. The topological polar surface area (TPSA) is 133 Å². The van der Waals surface area contributed by atoms with E-state index in [1.165, 1.54) is 0 Å². The van der Waals surface area contributed by atoms with Gasteiger partial charge in [0.2, 0.25) is 17.7 Å². The molecule has 0 spiro atoms. The van der Waals surface area contributed by atoms with Crippen LogP contribution in [0.4, 0.5) is 0 Å². The molecule has 11 nitrogen and oxygen atoms in total. The maximum absolute atomic E-state index is 12.3. The number of ether oxygens (including phenoxy) is 5. The third-order valence-corrected chi connectivity index (χ3v) is 4.67. The van der Waals surface area contributed by atoms with Crippen LogP contribution in [0.1, 0.15) is 60.8 Å². The molecule has 0 aromatic heterocycles. The summed E-state index contributed by atoms with van der Waals surface area (Å²) in [4.78, 5) is 35.8. The highest BCUT2D eigenvalue weighted by atomic mass is 16.5. The third-order valence-electron chi connectivity index (χ3n) is 4.67. The summed E-state index contributed by atoms with van der Waals surface area (Å²) in [6.07, 6.45) is 1.47. The van der Waals surface area contributed by atoms with Gasteiger partial charge in [-0.05, 0) is 40.0 Å². The van der Waals surface area contributed by atoms with Gasteiger partial charge in [-0.3, -0.25) is 14.4 Å². The molecule has 0 atom stereocenters. The Bertz CT molecular complexity index is 572. The van der Waals surface area contributed by atoms with Crippen molar-refractivity contribution in [1.29, 1.82) is 0 Å². The van der Waals surface area contributed by atoms with Gasteiger partial charge < -0.3 is 39.6 Å². The number of carbonyl (C=O) groups is 3. The minimum absolute atomic E-state index is 0.0641. The summed E-state index contributed by atoms with van der Waals surface area (Å²) in [5.74, 6) is 0.108. The highest BCUT2D eigenvalue weighted by molar-refractivity contribution is 5.77. The van der Waals surface area contributed by atoms with Crippen LogP contribution in [0.2, 0.25) is 0 Å². The van der Waals surface area contributed by atoms with E-state index < -0.39 is 6.04 Å². The molecule has 0 saturated carbocycles. The van der Waals surface area contributed by atoms with Gasteiger partial charge in [0.05, 0.1) is 58.9 Å². The molecule has 3 amide bonds. The number of hydrogen-bond acceptors (Lipinski definition) is 8. The van der Waals surface area contributed by atoms with Crippen LogP contribution < -0.4 is 16.0 Å². The Morgan fingerprint density at radius 1 is 0.541 bits per heavy atom. The largest absolute Gasteiger partial charge is 0.379 e. The van der Waals surface area contributed by atoms with Crippen LogP contribution in [0, 0.1) is 5.92 Å². The Balaban J connectivity index is 4.21. The molecule has 0 aliphatic heterocycles. The van der Waals surface area contributed by atoms with E-state index in [2.05, 4.69) is 29.8 Å². The fourth-order valence-corrected chi connectivity index (χ4v) is 2.89. The van der Waals surface area contributed by atoms with Crippen molar-refractivity contribution >= 4 is 17.7 Å². The Morgan fingerprint density at radius 2 is 1.00 bits per heavy atom.